The average molecular weight is 301 g/mol. The maximum atomic E-state index is 13.4. The van der Waals surface area contributed by atoms with Crippen molar-refractivity contribution in [3.8, 4) is 11.5 Å². The van der Waals surface area contributed by atoms with Gasteiger partial charge in [-0.15, -0.1) is 0 Å². The molecule has 0 spiro atoms. The fourth-order valence-corrected chi connectivity index (χ4v) is 2.02. The van der Waals surface area contributed by atoms with Gasteiger partial charge in [0.25, 0.3) is 0 Å². The van der Waals surface area contributed by atoms with Crippen molar-refractivity contribution < 1.29 is 19.0 Å². The van der Waals surface area contributed by atoms with E-state index < -0.39 is 17.3 Å². The van der Waals surface area contributed by atoms with Crippen molar-refractivity contribution in [3.63, 3.8) is 0 Å². The van der Waals surface area contributed by atoms with E-state index in [-0.39, 0.29) is 11.5 Å². The first-order valence-electron chi connectivity index (χ1n) is 5.13. The van der Waals surface area contributed by atoms with Crippen LogP contribution in [0.15, 0.2) is 36.4 Å². The second-order valence-corrected chi connectivity index (χ2v) is 4.50. The minimum atomic E-state index is -1.42. The molecule has 0 saturated carbocycles. The second kappa shape index (κ2) is 5.47. The van der Waals surface area contributed by atoms with Crippen LogP contribution in [0, 0.1) is 5.82 Å². The summed E-state index contributed by atoms with van der Waals surface area (Å²) in [7, 11) is 0. The van der Waals surface area contributed by atoms with E-state index in [1.165, 1.54) is 30.3 Å². The first kappa shape index (κ1) is 13.6. The number of aromatic carboxylic acids is 1. The second-order valence-electron chi connectivity index (χ2n) is 3.63. The van der Waals surface area contributed by atoms with Crippen molar-refractivity contribution in [3.05, 3.63) is 57.8 Å². The highest BCUT2D eigenvalue weighted by atomic mass is 35.5. The minimum absolute atomic E-state index is 0.120. The summed E-state index contributed by atoms with van der Waals surface area (Å²) in [6.07, 6.45) is 0. The molecule has 0 bridgehead atoms. The van der Waals surface area contributed by atoms with Gasteiger partial charge in [0.15, 0.2) is 0 Å². The summed E-state index contributed by atoms with van der Waals surface area (Å²) in [6, 6.07) is 8.14. The summed E-state index contributed by atoms with van der Waals surface area (Å²) in [5, 5.41) is 9.62. The van der Waals surface area contributed by atoms with Crippen LogP contribution < -0.4 is 4.74 Å². The lowest BCUT2D eigenvalue weighted by molar-refractivity contribution is 0.0689. The fraction of sp³-hybridized carbons (Fsp3) is 0. The number of hydrogen-bond donors (Lipinski definition) is 1. The zero-order valence-corrected chi connectivity index (χ0v) is 10.9. The van der Waals surface area contributed by atoms with Crippen LogP contribution in [-0.2, 0) is 0 Å². The van der Waals surface area contributed by atoms with E-state index in [0.29, 0.717) is 10.0 Å². The van der Waals surface area contributed by atoms with Crippen LogP contribution in [0.3, 0.4) is 0 Å². The predicted octanol–water partition coefficient (Wildman–Crippen LogP) is 4.62. The number of ether oxygens (including phenoxy) is 1. The fourth-order valence-electron chi connectivity index (χ4n) is 1.51. The molecule has 0 aromatic heterocycles. The van der Waals surface area contributed by atoms with Gasteiger partial charge >= 0.3 is 5.97 Å². The largest absolute Gasteiger partial charge is 0.477 e. The molecular weight excluding hydrogens is 294 g/mol. The Morgan fingerprint density at radius 3 is 2.37 bits per heavy atom. The SMILES string of the molecule is O=C(O)c1c(F)cccc1Oc1cc(Cl)cc(Cl)c1. The van der Waals surface area contributed by atoms with Crippen LogP contribution in [0.2, 0.25) is 10.0 Å². The van der Waals surface area contributed by atoms with Gasteiger partial charge in [0.2, 0.25) is 0 Å². The Labute approximate surface area is 118 Å². The zero-order valence-electron chi connectivity index (χ0n) is 9.36. The Morgan fingerprint density at radius 2 is 1.79 bits per heavy atom. The number of benzene rings is 2. The van der Waals surface area contributed by atoms with Crippen molar-refractivity contribution in [2.24, 2.45) is 0 Å². The van der Waals surface area contributed by atoms with Gasteiger partial charge in [0, 0.05) is 10.0 Å². The third-order valence-electron chi connectivity index (χ3n) is 2.25. The maximum absolute atomic E-state index is 13.4. The van der Waals surface area contributed by atoms with E-state index in [4.69, 9.17) is 33.0 Å². The third-order valence-corrected chi connectivity index (χ3v) is 2.69. The van der Waals surface area contributed by atoms with E-state index in [1.54, 1.807) is 0 Å². The molecule has 0 radical (unpaired) electrons. The normalized spacial score (nSPS) is 10.3. The number of carboxylic acid groups (broad SMARTS) is 1. The summed E-state index contributed by atoms with van der Waals surface area (Å²) in [4.78, 5) is 11.0. The molecule has 0 fully saturated rings. The number of hydrogen-bond acceptors (Lipinski definition) is 2. The number of carbonyl (C=O) groups is 1. The molecule has 0 aliphatic heterocycles. The average Bonchev–Trinajstić information content (AvgIpc) is 2.26. The highest BCUT2D eigenvalue weighted by Gasteiger charge is 2.17. The van der Waals surface area contributed by atoms with Gasteiger partial charge in [-0.3, -0.25) is 0 Å². The Kier molecular flexibility index (Phi) is 3.93. The molecule has 0 saturated heterocycles. The van der Waals surface area contributed by atoms with E-state index >= 15 is 0 Å². The van der Waals surface area contributed by atoms with Gasteiger partial charge in [-0.2, -0.15) is 0 Å². The van der Waals surface area contributed by atoms with Gasteiger partial charge in [-0.25, -0.2) is 9.18 Å². The summed E-state index contributed by atoms with van der Waals surface area (Å²) in [5.41, 5.74) is -0.543. The lowest BCUT2D eigenvalue weighted by Gasteiger charge is -2.09. The van der Waals surface area contributed by atoms with E-state index in [0.717, 1.165) is 6.07 Å². The Balaban J connectivity index is 2.43. The van der Waals surface area contributed by atoms with E-state index in [2.05, 4.69) is 0 Å². The summed E-state index contributed by atoms with van der Waals surface area (Å²) >= 11 is 11.6. The molecule has 3 nitrogen and oxygen atoms in total. The van der Waals surface area contributed by atoms with Crippen molar-refractivity contribution >= 4 is 29.2 Å². The van der Waals surface area contributed by atoms with Crippen LogP contribution >= 0.6 is 23.2 Å². The van der Waals surface area contributed by atoms with E-state index in [9.17, 15) is 9.18 Å². The van der Waals surface area contributed by atoms with Crippen LogP contribution in [0.5, 0.6) is 11.5 Å². The number of rotatable bonds is 3. The standard InChI is InChI=1S/C13H7Cl2FO3/c14-7-4-8(15)6-9(5-7)19-11-3-1-2-10(16)12(11)13(17)18/h1-6H,(H,17,18). The first-order chi connectivity index (χ1) is 8.97. The molecule has 0 amide bonds. The molecule has 1 N–H and O–H groups in total. The molecular formula is C13H7Cl2FO3. The van der Waals surface area contributed by atoms with Gasteiger partial charge in [-0.1, -0.05) is 29.3 Å². The van der Waals surface area contributed by atoms with Crippen molar-refractivity contribution in [2.45, 2.75) is 0 Å². The maximum Gasteiger partial charge on any atom is 0.342 e. The molecule has 2 aromatic rings. The van der Waals surface area contributed by atoms with Gasteiger partial charge in [-0.05, 0) is 30.3 Å². The smallest absolute Gasteiger partial charge is 0.342 e. The topological polar surface area (TPSA) is 46.5 Å². The van der Waals surface area contributed by atoms with E-state index in [1.807, 2.05) is 0 Å². The predicted molar refractivity (Wildman–Crippen MR) is 69.9 cm³/mol. The number of halogens is 3. The number of carboxylic acids is 1. The molecule has 0 aliphatic carbocycles. The molecule has 0 unspecified atom stereocenters. The van der Waals surface area contributed by atoms with Crippen molar-refractivity contribution in [1.29, 1.82) is 0 Å². The lowest BCUT2D eigenvalue weighted by Crippen LogP contribution is -2.03. The van der Waals surface area contributed by atoms with Gasteiger partial charge in [0.1, 0.15) is 22.9 Å². The van der Waals surface area contributed by atoms with Crippen molar-refractivity contribution in [2.75, 3.05) is 0 Å². The zero-order chi connectivity index (χ0) is 14.0. The molecule has 98 valence electrons. The summed E-state index contributed by atoms with van der Waals surface area (Å²) in [6.45, 7) is 0. The highest BCUT2D eigenvalue weighted by Crippen LogP contribution is 2.31. The monoisotopic (exact) mass is 300 g/mol. The molecule has 2 aromatic carbocycles. The molecule has 6 heteroatoms. The van der Waals surface area contributed by atoms with Crippen LogP contribution in [0.25, 0.3) is 0 Å². The summed E-state index contributed by atoms with van der Waals surface area (Å²) < 4.78 is 18.8. The van der Waals surface area contributed by atoms with Crippen LogP contribution in [0.4, 0.5) is 4.39 Å². The van der Waals surface area contributed by atoms with Crippen LogP contribution in [0.1, 0.15) is 10.4 Å². The molecule has 19 heavy (non-hydrogen) atoms. The lowest BCUT2D eigenvalue weighted by atomic mass is 10.2. The van der Waals surface area contributed by atoms with Crippen molar-refractivity contribution in [1.82, 2.24) is 0 Å². The summed E-state index contributed by atoms with van der Waals surface area (Å²) in [5.74, 6) is -2.18. The quantitative estimate of drug-likeness (QED) is 0.899. The minimum Gasteiger partial charge on any atom is -0.477 e. The van der Waals surface area contributed by atoms with Gasteiger partial charge < -0.3 is 9.84 Å². The highest BCUT2D eigenvalue weighted by molar-refractivity contribution is 6.34. The molecule has 0 atom stereocenters. The Hall–Kier alpha value is -1.78. The molecule has 0 aliphatic rings. The van der Waals surface area contributed by atoms with Gasteiger partial charge in [0.05, 0.1) is 0 Å². The first-order valence-corrected chi connectivity index (χ1v) is 5.88. The van der Waals surface area contributed by atoms with Crippen LogP contribution in [-0.4, -0.2) is 11.1 Å². The third kappa shape index (κ3) is 3.16. The Bertz CT molecular complexity index is 624. The Morgan fingerprint density at radius 1 is 1.16 bits per heavy atom. The molecule has 0 heterocycles. The molecule has 2 rings (SSSR count).